The number of carbonyl (C=O) groups is 3. The second kappa shape index (κ2) is 10.7. The molecule has 2 saturated heterocycles. The Balaban J connectivity index is 1.32. The largest absolute Gasteiger partial charge is 0.478 e. The smallest absolute Gasteiger partial charge is 0.362 e. The molecule has 2 aromatic heterocycles. The summed E-state index contributed by atoms with van der Waals surface area (Å²) in [5.74, 6) is -3.37. The van der Waals surface area contributed by atoms with Crippen LogP contribution in [0.2, 0.25) is 0 Å². The average Bonchev–Trinajstić information content (AvgIpc) is 3.22. The van der Waals surface area contributed by atoms with Crippen LogP contribution in [-0.4, -0.2) is 103 Å². The first-order valence-electron chi connectivity index (χ1n) is 12.1. The van der Waals surface area contributed by atoms with E-state index in [1.807, 2.05) is 0 Å². The van der Waals surface area contributed by atoms with E-state index in [-0.39, 0.29) is 40.6 Å². The number of rotatable bonds is 12. The highest BCUT2D eigenvalue weighted by Gasteiger charge is 2.56. The number of nitrogens with two attached hydrogens (primary N) is 1. The van der Waals surface area contributed by atoms with Crippen LogP contribution < -0.4 is 21.7 Å². The van der Waals surface area contributed by atoms with Gasteiger partial charge in [-0.3, -0.25) is 14.1 Å². The molecule has 3 atom stereocenters. The second-order valence-corrected chi connectivity index (χ2v) is 11.7. The number of anilines is 1. The minimum Gasteiger partial charge on any atom is -0.478 e. The van der Waals surface area contributed by atoms with Crippen LogP contribution in [0, 0.1) is 0 Å². The molecule has 0 bridgehead atoms. The first-order chi connectivity index (χ1) is 19.0. The molecule has 2 amide bonds. The summed E-state index contributed by atoms with van der Waals surface area (Å²) >= 11 is 0.983. The van der Waals surface area contributed by atoms with Crippen LogP contribution in [0.1, 0.15) is 30.7 Å². The van der Waals surface area contributed by atoms with Crippen molar-refractivity contribution in [1.29, 1.82) is 0 Å². The van der Waals surface area contributed by atoms with Crippen LogP contribution in [0.25, 0.3) is 0 Å². The number of thiazole rings is 1. The predicted octanol–water partition coefficient (Wildman–Crippen LogP) is -2.70. The molecule has 40 heavy (non-hydrogen) atoms. The fourth-order valence-corrected chi connectivity index (χ4v) is 5.71. The summed E-state index contributed by atoms with van der Waals surface area (Å²) < 4.78 is 33.7. The third-order valence-electron chi connectivity index (χ3n) is 6.66. The number of oxime groups is 1. The van der Waals surface area contributed by atoms with Crippen molar-refractivity contribution in [2.24, 2.45) is 5.16 Å². The van der Waals surface area contributed by atoms with Gasteiger partial charge in [-0.1, -0.05) is 5.16 Å². The zero-order valence-electron chi connectivity index (χ0n) is 20.8. The number of hydrogen-bond donors (Lipinski definition) is 6. The van der Waals surface area contributed by atoms with Gasteiger partial charge in [-0.2, -0.15) is 23.4 Å². The Morgan fingerprint density at radius 1 is 1.38 bits per heavy atom. The quantitative estimate of drug-likeness (QED) is 0.0629. The average molecular weight is 599 g/mol. The standard InChI is InChI=1S/C20H26N10O8S2/c21-19-25-12(9-39-19)14(28-38-20(2-3-20)18(33)34)16(31)26-15-13(30(17(15)32)40(35,36)37)8-29-24-7-11(27-29)6-23-10-1-4-22-5-10/h7,9-10,13,15,22-23H,1-6,8H2,(H2,21,25)(H,26,31)(H,33,34)(H,35,36,37). The normalized spacial score (nSPS) is 24.0. The first kappa shape index (κ1) is 27.8. The zero-order chi connectivity index (χ0) is 28.7. The number of carboxylic acid groups (broad SMARTS) is 1. The van der Waals surface area contributed by atoms with Crippen LogP contribution in [-0.2, 0) is 42.6 Å². The molecule has 3 aliphatic rings. The molecule has 2 aliphatic heterocycles. The molecule has 20 heteroatoms. The number of carbonyl (C=O) groups excluding carboxylic acids is 2. The Kier molecular flexibility index (Phi) is 7.44. The summed E-state index contributed by atoms with van der Waals surface area (Å²) in [5.41, 5.74) is 4.14. The molecule has 0 aromatic carbocycles. The van der Waals surface area contributed by atoms with Crippen molar-refractivity contribution >= 4 is 50.3 Å². The lowest BCUT2D eigenvalue weighted by Crippen LogP contribution is -2.73. The minimum atomic E-state index is -4.97. The van der Waals surface area contributed by atoms with Gasteiger partial charge >= 0.3 is 16.3 Å². The fourth-order valence-electron chi connectivity index (χ4n) is 4.29. The number of β-lactam (4-membered cyclic amide) rings is 1. The minimum absolute atomic E-state index is 0.0421. The van der Waals surface area contributed by atoms with Crippen molar-refractivity contribution in [3.63, 3.8) is 0 Å². The van der Waals surface area contributed by atoms with Gasteiger partial charge in [0.15, 0.2) is 10.8 Å². The van der Waals surface area contributed by atoms with E-state index >= 15 is 0 Å². The maximum absolute atomic E-state index is 13.2. The van der Waals surface area contributed by atoms with Gasteiger partial charge in [0.05, 0.1) is 18.4 Å². The summed E-state index contributed by atoms with van der Waals surface area (Å²) in [6.45, 7) is 1.86. The Morgan fingerprint density at radius 3 is 2.75 bits per heavy atom. The van der Waals surface area contributed by atoms with Gasteiger partial charge in [0.2, 0.25) is 5.60 Å². The highest BCUT2D eigenvalue weighted by molar-refractivity contribution is 7.84. The van der Waals surface area contributed by atoms with Crippen LogP contribution in [0.15, 0.2) is 16.7 Å². The highest BCUT2D eigenvalue weighted by atomic mass is 32.2. The third-order valence-corrected chi connectivity index (χ3v) is 8.28. The van der Waals surface area contributed by atoms with E-state index in [1.54, 1.807) is 0 Å². The molecule has 1 aliphatic carbocycles. The van der Waals surface area contributed by atoms with Crippen molar-refractivity contribution < 1.29 is 37.3 Å². The van der Waals surface area contributed by atoms with E-state index in [4.69, 9.17) is 10.6 Å². The zero-order valence-corrected chi connectivity index (χ0v) is 22.4. The van der Waals surface area contributed by atoms with Crippen LogP contribution >= 0.6 is 11.3 Å². The molecule has 0 spiro atoms. The van der Waals surface area contributed by atoms with E-state index in [1.165, 1.54) is 11.6 Å². The molecule has 0 radical (unpaired) electrons. The lowest BCUT2D eigenvalue weighted by atomic mass is 9.98. The van der Waals surface area contributed by atoms with E-state index in [0.717, 1.165) is 35.6 Å². The number of aliphatic carboxylic acids is 1. The lowest BCUT2D eigenvalue weighted by molar-refractivity contribution is -0.153. The van der Waals surface area contributed by atoms with Crippen molar-refractivity contribution in [1.82, 2.24) is 40.2 Å². The predicted molar refractivity (Wildman–Crippen MR) is 136 cm³/mol. The van der Waals surface area contributed by atoms with Crippen LogP contribution in [0.5, 0.6) is 0 Å². The Labute approximate surface area is 230 Å². The maximum atomic E-state index is 13.2. The van der Waals surface area contributed by atoms with E-state index in [0.29, 0.717) is 12.2 Å². The maximum Gasteiger partial charge on any atom is 0.362 e. The number of nitrogens with one attached hydrogen (secondary N) is 3. The number of carboxylic acids is 1. The molecule has 3 fully saturated rings. The monoisotopic (exact) mass is 598 g/mol. The Bertz CT molecular complexity index is 1450. The second-order valence-electron chi connectivity index (χ2n) is 9.49. The highest BCUT2D eigenvalue weighted by Crippen LogP contribution is 2.40. The third kappa shape index (κ3) is 5.75. The first-order valence-corrected chi connectivity index (χ1v) is 14.4. The number of aromatic nitrogens is 4. The molecule has 1 saturated carbocycles. The molecular formula is C20H26N10O8S2. The lowest BCUT2D eigenvalue weighted by Gasteiger charge is -2.43. The van der Waals surface area contributed by atoms with Crippen molar-refractivity contribution in [2.45, 2.75) is 56.1 Å². The molecule has 7 N–H and O–H groups in total. The summed E-state index contributed by atoms with van der Waals surface area (Å²) in [7, 11) is -4.97. The van der Waals surface area contributed by atoms with Gasteiger partial charge < -0.3 is 31.6 Å². The van der Waals surface area contributed by atoms with Crippen LogP contribution in [0.4, 0.5) is 5.13 Å². The van der Waals surface area contributed by atoms with Gasteiger partial charge in [0.25, 0.3) is 11.8 Å². The molecule has 18 nitrogen and oxygen atoms in total. The topological polar surface area (TPSA) is 256 Å². The fraction of sp³-hybridized carbons (Fsp3) is 0.550. The van der Waals surface area contributed by atoms with E-state index in [9.17, 15) is 32.5 Å². The molecule has 2 aromatic rings. The van der Waals surface area contributed by atoms with Gasteiger partial charge in [0.1, 0.15) is 17.8 Å². The van der Waals surface area contributed by atoms with Crippen molar-refractivity contribution in [3.05, 3.63) is 23.0 Å². The van der Waals surface area contributed by atoms with Crippen molar-refractivity contribution in [2.75, 3.05) is 18.8 Å². The molecule has 5 rings (SSSR count). The van der Waals surface area contributed by atoms with E-state index < -0.39 is 51.5 Å². The Morgan fingerprint density at radius 2 is 2.15 bits per heavy atom. The van der Waals surface area contributed by atoms with Crippen LogP contribution in [0.3, 0.4) is 0 Å². The summed E-state index contributed by atoms with van der Waals surface area (Å²) in [4.78, 5) is 47.6. The summed E-state index contributed by atoms with van der Waals surface area (Å²) in [6, 6.07) is -2.43. The molecule has 3 unspecified atom stereocenters. The van der Waals surface area contributed by atoms with Gasteiger partial charge in [-0.05, 0) is 13.0 Å². The van der Waals surface area contributed by atoms with Gasteiger partial charge in [-0.25, -0.2) is 14.1 Å². The van der Waals surface area contributed by atoms with E-state index in [2.05, 4.69) is 36.3 Å². The number of amides is 2. The molecule has 4 heterocycles. The van der Waals surface area contributed by atoms with Gasteiger partial charge in [0, 0.05) is 37.4 Å². The summed E-state index contributed by atoms with van der Waals surface area (Å²) in [6.07, 6.45) is 2.80. The van der Waals surface area contributed by atoms with Gasteiger partial charge in [-0.15, -0.1) is 11.3 Å². The Hall–Kier alpha value is -3.72. The van der Waals surface area contributed by atoms with Crippen molar-refractivity contribution in [3.8, 4) is 0 Å². The number of hydrogen-bond acceptors (Lipinski definition) is 14. The number of nitrogens with zero attached hydrogens (tertiary/aromatic N) is 6. The number of nitrogen functional groups attached to an aromatic ring is 1. The summed E-state index contributed by atoms with van der Waals surface area (Å²) in [5, 5.41) is 31.8. The molecular weight excluding hydrogens is 572 g/mol. The SMILES string of the molecule is Nc1nc(C(=NOC2(C(=O)O)CC2)C(=O)NC2C(=O)N(S(=O)(=O)O)C2Cn2ncc(CNC3CCNC3)n2)cs1. The molecule has 216 valence electrons.